The van der Waals surface area contributed by atoms with Gasteiger partial charge in [-0.15, -0.1) is 5.10 Å². The van der Waals surface area contributed by atoms with Crippen LogP contribution in [0.3, 0.4) is 0 Å². The normalized spacial score (nSPS) is 17.1. The van der Waals surface area contributed by atoms with E-state index in [9.17, 15) is 18.7 Å². The van der Waals surface area contributed by atoms with E-state index >= 15 is 0 Å². The Kier molecular flexibility index (Phi) is 6.75. The molecule has 1 aromatic carbocycles. The fourth-order valence-electron chi connectivity index (χ4n) is 4.14. The van der Waals surface area contributed by atoms with Gasteiger partial charge in [0.05, 0.1) is 25.4 Å². The summed E-state index contributed by atoms with van der Waals surface area (Å²) in [6, 6.07) is 3.19. The third kappa shape index (κ3) is 5.22. The molecule has 1 saturated heterocycles. The molecular formula is C21H25F2N7O3. The maximum atomic E-state index is 14.6. The molecule has 0 spiro atoms. The zero-order valence-corrected chi connectivity index (χ0v) is 18.1. The summed E-state index contributed by atoms with van der Waals surface area (Å²) in [5.41, 5.74) is -1.49. The van der Waals surface area contributed by atoms with Gasteiger partial charge in [-0.3, -0.25) is 4.90 Å². The molecule has 2 aromatic heterocycles. The molecule has 3 aromatic rings. The summed E-state index contributed by atoms with van der Waals surface area (Å²) >= 11 is 0. The van der Waals surface area contributed by atoms with E-state index in [1.807, 2.05) is 4.90 Å². The Morgan fingerprint density at radius 3 is 2.73 bits per heavy atom. The van der Waals surface area contributed by atoms with Gasteiger partial charge < -0.3 is 9.84 Å². The third-order valence-electron chi connectivity index (χ3n) is 5.73. The van der Waals surface area contributed by atoms with E-state index in [4.69, 9.17) is 4.74 Å². The van der Waals surface area contributed by atoms with Crippen LogP contribution in [0, 0.1) is 11.6 Å². The number of esters is 1. The molecule has 1 fully saturated rings. The largest absolute Gasteiger partial charge is 0.461 e. The second-order valence-electron chi connectivity index (χ2n) is 8.06. The van der Waals surface area contributed by atoms with Crippen LogP contribution in [0.4, 0.5) is 8.78 Å². The quantitative estimate of drug-likeness (QED) is 0.503. The van der Waals surface area contributed by atoms with Gasteiger partial charge in [-0.25, -0.2) is 27.9 Å². The predicted octanol–water partition coefficient (Wildman–Crippen LogP) is 1.55. The van der Waals surface area contributed by atoms with Crippen molar-refractivity contribution in [3.63, 3.8) is 0 Å². The fourth-order valence-corrected chi connectivity index (χ4v) is 4.14. The molecule has 0 saturated carbocycles. The van der Waals surface area contributed by atoms with Gasteiger partial charge in [-0.2, -0.15) is 5.10 Å². The Bertz CT molecular complexity index is 1080. The Morgan fingerprint density at radius 2 is 2.06 bits per heavy atom. The van der Waals surface area contributed by atoms with Gasteiger partial charge >= 0.3 is 5.97 Å². The van der Waals surface area contributed by atoms with Crippen molar-refractivity contribution < 1.29 is 23.4 Å². The Hall–Kier alpha value is -3.25. The summed E-state index contributed by atoms with van der Waals surface area (Å²) < 4.78 is 36.1. The van der Waals surface area contributed by atoms with E-state index in [1.54, 1.807) is 17.8 Å². The zero-order valence-electron chi connectivity index (χ0n) is 18.1. The molecule has 176 valence electrons. The van der Waals surface area contributed by atoms with Crippen molar-refractivity contribution in [1.82, 2.24) is 34.7 Å². The number of aromatic nitrogens is 6. The number of rotatable bonds is 8. The molecule has 0 radical (unpaired) electrons. The second kappa shape index (κ2) is 9.71. The van der Waals surface area contributed by atoms with Gasteiger partial charge in [-0.05, 0) is 25.8 Å². The van der Waals surface area contributed by atoms with Crippen LogP contribution in [-0.4, -0.2) is 72.0 Å². The van der Waals surface area contributed by atoms with Gasteiger partial charge in [0.25, 0.3) is 0 Å². The number of likely N-dealkylation sites (tertiary alicyclic amines) is 1. The van der Waals surface area contributed by atoms with Crippen LogP contribution in [0.15, 0.2) is 37.1 Å². The summed E-state index contributed by atoms with van der Waals surface area (Å²) in [6.07, 6.45) is 5.72. The van der Waals surface area contributed by atoms with Crippen molar-refractivity contribution in [2.24, 2.45) is 0 Å². The molecule has 0 bridgehead atoms. The average molecular weight is 461 g/mol. The molecule has 10 nitrogen and oxygen atoms in total. The Morgan fingerprint density at radius 1 is 1.27 bits per heavy atom. The van der Waals surface area contributed by atoms with Crippen LogP contribution in [0.25, 0.3) is 0 Å². The van der Waals surface area contributed by atoms with Gasteiger partial charge in [0.2, 0.25) is 0 Å². The molecule has 1 N–H and O–H groups in total. The Balaban J connectivity index is 1.45. The summed E-state index contributed by atoms with van der Waals surface area (Å²) in [7, 11) is 0. The standard InChI is InChI=1S/C21H25F2N7O3/c1-2-33-20(31)19-10-30(27-26-19)16-5-7-28(8-6-16)11-21(32,12-29-14-24-13-25-29)17-4-3-15(22)9-18(17)23/h3-4,9-10,13-14,16,32H,2,5-8,11-12H2,1H3. The highest BCUT2D eigenvalue weighted by Crippen LogP contribution is 2.30. The molecule has 4 rings (SSSR count). The minimum Gasteiger partial charge on any atom is -0.461 e. The van der Waals surface area contributed by atoms with E-state index in [0.29, 0.717) is 25.9 Å². The maximum absolute atomic E-state index is 14.6. The number of benzene rings is 1. The fraction of sp³-hybridized carbons (Fsp3) is 0.476. The molecule has 1 aliphatic rings. The van der Waals surface area contributed by atoms with Crippen molar-refractivity contribution >= 4 is 5.97 Å². The number of nitrogens with zero attached hydrogens (tertiary/aromatic N) is 7. The lowest BCUT2D eigenvalue weighted by molar-refractivity contribution is -0.0285. The van der Waals surface area contributed by atoms with Crippen LogP contribution >= 0.6 is 0 Å². The summed E-state index contributed by atoms with van der Waals surface area (Å²) in [6.45, 7) is 3.26. The van der Waals surface area contributed by atoms with E-state index in [2.05, 4.69) is 20.4 Å². The van der Waals surface area contributed by atoms with Gasteiger partial charge in [0.15, 0.2) is 5.69 Å². The molecule has 12 heteroatoms. The number of ether oxygens (including phenoxy) is 1. The van der Waals surface area contributed by atoms with Crippen molar-refractivity contribution in [3.05, 3.63) is 59.9 Å². The first-order chi connectivity index (χ1) is 15.9. The molecule has 1 atom stereocenters. The molecule has 1 unspecified atom stereocenters. The third-order valence-corrected chi connectivity index (χ3v) is 5.73. The molecular weight excluding hydrogens is 436 g/mol. The van der Waals surface area contributed by atoms with Crippen LogP contribution in [-0.2, 0) is 16.9 Å². The highest BCUT2D eigenvalue weighted by atomic mass is 19.1. The number of hydrogen-bond donors (Lipinski definition) is 1. The smallest absolute Gasteiger partial charge is 0.360 e. The second-order valence-corrected chi connectivity index (χ2v) is 8.06. The van der Waals surface area contributed by atoms with Crippen LogP contribution < -0.4 is 0 Å². The van der Waals surface area contributed by atoms with Crippen molar-refractivity contribution in [3.8, 4) is 0 Å². The first kappa shape index (κ1) is 22.9. The summed E-state index contributed by atoms with van der Waals surface area (Å²) in [5, 5.41) is 23.5. The summed E-state index contributed by atoms with van der Waals surface area (Å²) in [4.78, 5) is 17.7. The monoisotopic (exact) mass is 461 g/mol. The maximum Gasteiger partial charge on any atom is 0.360 e. The lowest BCUT2D eigenvalue weighted by Crippen LogP contribution is -2.47. The number of hydrogen-bond acceptors (Lipinski definition) is 8. The van der Waals surface area contributed by atoms with E-state index in [1.165, 1.54) is 23.4 Å². The van der Waals surface area contributed by atoms with E-state index in [-0.39, 0.29) is 37.0 Å². The summed E-state index contributed by atoms with van der Waals surface area (Å²) in [5.74, 6) is -2.04. The number of carbonyl (C=O) groups is 1. The van der Waals surface area contributed by atoms with Gasteiger partial charge in [0.1, 0.15) is 29.9 Å². The average Bonchev–Trinajstić information content (AvgIpc) is 3.46. The number of aliphatic hydroxyl groups is 1. The Labute approximate surface area is 188 Å². The highest BCUT2D eigenvalue weighted by Gasteiger charge is 2.37. The van der Waals surface area contributed by atoms with Crippen LogP contribution in [0.5, 0.6) is 0 Å². The zero-order chi connectivity index (χ0) is 23.4. The van der Waals surface area contributed by atoms with Crippen LogP contribution in [0.2, 0.25) is 0 Å². The van der Waals surface area contributed by atoms with Gasteiger partial charge in [0, 0.05) is 31.3 Å². The van der Waals surface area contributed by atoms with Crippen molar-refractivity contribution in [2.45, 2.75) is 38.0 Å². The molecule has 0 amide bonds. The minimum atomic E-state index is -1.65. The number of halogens is 2. The minimum absolute atomic E-state index is 0.00289. The van der Waals surface area contributed by atoms with Gasteiger partial charge in [-0.1, -0.05) is 11.3 Å². The predicted molar refractivity (Wildman–Crippen MR) is 111 cm³/mol. The molecule has 3 heterocycles. The lowest BCUT2D eigenvalue weighted by Gasteiger charge is -2.38. The van der Waals surface area contributed by atoms with E-state index < -0.39 is 23.2 Å². The van der Waals surface area contributed by atoms with Crippen LogP contribution in [0.1, 0.15) is 41.9 Å². The highest BCUT2D eigenvalue weighted by molar-refractivity contribution is 5.86. The number of β-amino-alcohol motifs (C(OH)–C–C–N with tert-alkyl or cyclic N) is 1. The van der Waals surface area contributed by atoms with Crippen molar-refractivity contribution in [2.75, 3.05) is 26.2 Å². The number of piperidine rings is 1. The van der Waals surface area contributed by atoms with E-state index in [0.717, 1.165) is 12.1 Å². The SMILES string of the molecule is CCOC(=O)c1cn(C2CCN(CC(O)(Cn3cncn3)c3ccc(F)cc3F)CC2)nn1. The molecule has 33 heavy (non-hydrogen) atoms. The number of carbonyl (C=O) groups excluding carboxylic acids is 1. The first-order valence-electron chi connectivity index (χ1n) is 10.7. The lowest BCUT2D eigenvalue weighted by atomic mass is 9.91. The topological polar surface area (TPSA) is 111 Å². The first-order valence-corrected chi connectivity index (χ1v) is 10.7. The van der Waals surface area contributed by atoms with Crippen molar-refractivity contribution in [1.29, 1.82) is 0 Å². The molecule has 0 aliphatic carbocycles. The molecule has 1 aliphatic heterocycles.